The zero-order valence-corrected chi connectivity index (χ0v) is 10.9. The molecule has 0 bridgehead atoms. The van der Waals surface area contributed by atoms with Gasteiger partial charge in [-0.3, -0.25) is 0 Å². The molecule has 2 fully saturated rings. The highest BCUT2D eigenvalue weighted by atomic mass is 15.3. The molecule has 2 heterocycles. The van der Waals surface area contributed by atoms with Crippen molar-refractivity contribution in [3.8, 4) is 0 Å². The number of piperidine rings is 1. The van der Waals surface area contributed by atoms with Crippen molar-refractivity contribution in [2.24, 2.45) is 5.92 Å². The van der Waals surface area contributed by atoms with Crippen LogP contribution >= 0.6 is 0 Å². The molecule has 3 heteroatoms. The van der Waals surface area contributed by atoms with Crippen LogP contribution in [0, 0.1) is 5.92 Å². The highest BCUT2D eigenvalue weighted by Crippen LogP contribution is 2.17. The first-order chi connectivity index (χ1) is 7.79. The van der Waals surface area contributed by atoms with Crippen LogP contribution in [0.5, 0.6) is 0 Å². The lowest BCUT2D eigenvalue weighted by Crippen LogP contribution is -2.52. The highest BCUT2D eigenvalue weighted by molar-refractivity contribution is 4.81. The van der Waals surface area contributed by atoms with E-state index in [4.69, 9.17) is 0 Å². The normalized spacial score (nSPS) is 30.8. The molecule has 2 saturated heterocycles. The summed E-state index contributed by atoms with van der Waals surface area (Å²) in [6.45, 7) is 9.93. The van der Waals surface area contributed by atoms with Crippen LogP contribution in [-0.4, -0.2) is 62.2 Å². The number of nitrogens with one attached hydrogen (secondary N) is 1. The summed E-state index contributed by atoms with van der Waals surface area (Å²) in [4.78, 5) is 5.23. The van der Waals surface area contributed by atoms with Gasteiger partial charge in [-0.1, -0.05) is 6.92 Å². The molecule has 0 amide bonds. The van der Waals surface area contributed by atoms with Gasteiger partial charge in [-0.15, -0.1) is 0 Å². The molecular formula is C13H27N3. The van der Waals surface area contributed by atoms with Crippen molar-refractivity contribution in [1.29, 1.82) is 0 Å². The number of hydrogen-bond donors (Lipinski definition) is 1. The van der Waals surface area contributed by atoms with Gasteiger partial charge in [0.1, 0.15) is 0 Å². The van der Waals surface area contributed by atoms with Crippen molar-refractivity contribution in [3.63, 3.8) is 0 Å². The van der Waals surface area contributed by atoms with E-state index in [0.29, 0.717) is 0 Å². The molecule has 0 spiro atoms. The van der Waals surface area contributed by atoms with E-state index in [1.807, 2.05) is 0 Å². The Bertz CT molecular complexity index is 201. The Morgan fingerprint density at radius 2 is 1.94 bits per heavy atom. The summed E-state index contributed by atoms with van der Waals surface area (Å²) in [5, 5.41) is 3.45. The second-order valence-corrected chi connectivity index (χ2v) is 5.50. The molecule has 94 valence electrons. The zero-order valence-electron chi connectivity index (χ0n) is 10.9. The number of likely N-dealkylation sites (N-methyl/N-ethyl adjacent to an activating group) is 1. The third kappa shape index (κ3) is 3.19. The fourth-order valence-corrected chi connectivity index (χ4v) is 3.05. The van der Waals surface area contributed by atoms with Crippen LogP contribution in [0.15, 0.2) is 0 Å². The van der Waals surface area contributed by atoms with Gasteiger partial charge in [0.15, 0.2) is 0 Å². The van der Waals surface area contributed by atoms with Crippen molar-refractivity contribution in [2.75, 3.05) is 46.3 Å². The summed E-state index contributed by atoms with van der Waals surface area (Å²) in [6.07, 6.45) is 4.05. The third-order valence-corrected chi connectivity index (χ3v) is 4.31. The van der Waals surface area contributed by atoms with E-state index in [1.165, 1.54) is 58.5 Å². The molecule has 0 aliphatic carbocycles. The topological polar surface area (TPSA) is 18.5 Å². The lowest BCUT2D eigenvalue weighted by atomic mass is 9.96. The maximum atomic E-state index is 3.45. The minimum Gasteiger partial charge on any atom is -0.317 e. The van der Waals surface area contributed by atoms with Crippen LogP contribution in [0.2, 0.25) is 0 Å². The van der Waals surface area contributed by atoms with E-state index in [1.54, 1.807) is 0 Å². The molecule has 0 saturated carbocycles. The van der Waals surface area contributed by atoms with Gasteiger partial charge >= 0.3 is 0 Å². The van der Waals surface area contributed by atoms with E-state index in [2.05, 4.69) is 29.1 Å². The van der Waals surface area contributed by atoms with Crippen LogP contribution in [0.1, 0.15) is 26.2 Å². The summed E-state index contributed by atoms with van der Waals surface area (Å²) >= 11 is 0. The predicted octanol–water partition coefficient (Wildman–Crippen LogP) is 1.01. The fraction of sp³-hybridized carbons (Fsp3) is 1.00. The standard InChI is InChI=1S/C13H27N3/c1-3-13-11-16(9-8-15(13)2)10-12-4-6-14-7-5-12/h12-14H,3-11H2,1-2H3. The molecule has 16 heavy (non-hydrogen) atoms. The van der Waals surface area contributed by atoms with E-state index < -0.39 is 0 Å². The van der Waals surface area contributed by atoms with Crippen molar-refractivity contribution in [3.05, 3.63) is 0 Å². The van der Waals surface area contributed by atoms with Crippen molar-refractivity contribution < 1.29 is 0 Å². The van der Waals surface area contributed by atoms with Crippen LogP contribution in [0.4, 0.5) is 0 Å². The minimum absolute atomic E-state index is 0.787. The molecule has 1 atom stereocenters. The van der Waals surface area contributed by atoms with E-state index in [0.717, 1.165) is 12.0 Å². The summed E-state index contributed by atoms with van der Waals surface area (Å²) in [7, 11) is 2.27. The Kier molecular flexibility index (Phi) is 4.62. The van der Waals surface area contributed by atoms with Gasteiger partial charge in [0.25, 0.3) is 0 Å². The lowest BCUT2D eigenvalue weighted by molar-refractivity contribution is 0.0771. The van der Waals surface area contributed by atoms with E-state index in [-0.39, 0.29) is 0 Å². The minimum atomic E-state index is 0.787. The van der Waals surface area contributed by atoms with E-state index in [9.17, 15) is 0 Å². The summed E-state index contributed by atoms with van der Waals surface area (Å²) in [5.74, 6) is 0.946. The Hall–Kier alpha value is -0.120. The molecule has 2 rings (SSSR count). The molecule has 0 aromatic heterocycles. The van der Waals surface area contributed by atoms with E-state index >= 15 is 0 Å². The van der Waals surface area contributed by atoms with Gasteiger partial charge in [0.2, 0.25) is 0 Å². The molecule has 1 unspecified atom stereocenters. The first-order valence-corrected chi connectivity index (χ1v) is 6.93. The van der Waals surface area contributed by atoms with Gasteiger partial charge < -0.3 is 15.1 Å². The Morgan fingerprint density at radius 1 is 1.19 bits per heavy atom. The van der Waals surface area contributed by atoms with Gasteiger partial charge in [-0.25, -0.2) is 0 Å². The van der Waals surface area contributed by atoms with Crippen LogP contribution in [0.25, 0.3) is 0 Å². The number of piperazine rings is 1. The third-order valence-electron chi connectivity index (χ3n) is 4.31. The van der Waals surface area contributed by atoms with Gasteiger partial charge in [-0.05, 0) is 45.3 Å². The summed E-state index contributed by atoms with van der Waals surface area (Å²) < 4.78 is 0. The molecule has 1 N–H and O–H groups in total. The quantitative estimate of drug-likeness (QED) is 0.773. The second kappa shape index (κ2) is 5.99. The van der Waals surface area contributed by atoms with Crippen molar-refractivity contribution in [1.82, 2.24) is 15.1 Å². The Labute approximate surface area is 100 Å². The van der Waals surface area contributed by atoms with Crippen LogP contribution < -0.4 is 5.32 Å². The summed E-state index contributed by atoms with van der Waals surface area (Å²) in [6, 6.07) is 0.787. The SMILES string of the molecule is CCC1CN(CC2CCNCC2)CCN1C. The average molecular weight is 225 g/mol. The van der Waals surface area contributed by atoms with Gasteiger partial charge in [-0.2, -0.15) is 0 Å². The maximum Gasteiger partial charge on any atom is 0.0218 e. The summed E-state index contributed by atoms with van der Waals surface area (Å²) in [5.41, 5.74) is 0. The van der Waals surface area contributed by atoms with Crippen LogP contribution in [0.3, 0.4) is 0 Å². The number of rotatable bonds is 3. The van der Waals surface area contributed by atoms with Gasteiger partial charge in [0, 0.05) is 32.2 Å². The van der Waals surface area contributed by atoms with Gasteiger partial charge in [0.05, 0.1) is 0 Å². The molecule has 3 nitrogen and oxygen atoms in total. The molecule has 0 aromatic carbocycles. The molecule has 2 aliphatic rings. The Balaban J connectivity index is 1.76. The number of hydrogen-bond acceptors (Lipinski definition) is 3. The maximum absolute atomic E-state index is 3.45. The van der Waals surface area contributed by atoms with Crippen LogP contribution in [-0.2, 0) is 0 Å². The monoisotopic (exact) mass is 225 g/mol. The fourth-order valence-electron chi connectivity index (χ4n) is 3.05. The lowest BCUT2D eigenvalue weighted by Gasteiger charge is -2.41. The predicted molar refractivity (Wildman–Crippen MR) is 68.7 cm³/mol. The number of nitrogens with zero attached hydrogens (tertiary/aromatic N) is 2. The largest absolute Gasteiger partial charge is 0.317 e. The highest BCUT2D eigenvalue weighted by Gasteiger charge is 2.25. The van der Waals surface area contributed by atoms with Crippen molar-refractivity contribution in [2.45, 2.75) is 32.2 Å². The smallest absolute Gasteiger partial charge is 0.0218 e. The van der Waals surface area contributed by atoms with Crippen molar-refractivity contribution >= 4 is 0 Å². The zero-order chi connectivity index (χ0) is 11.4. The molecular weight excluding hydrogens is 198 g/mol. The molecule has 0 radical (unpaired) electrons. The Morgan fingerprint density at radius 3 is 2.62 bits per heavy atom. The average Bonchev–Trinajstić information content (AvgIpc) is 2.33. The first-order valence-electron chi connectivity index (χ1n) is 6.93. The molecule has 0 aromatic rings. The first kappa shape index (κ1) is 12.3. The second-order valence-electron chi connectivity index (χ2n) is 5.50. The molecule has 2 aliphatic heterocycles.